The summed E-state index contributed by atoms with van der Waals surface area (Å²) in [5.41, 5.74) is 7.80. The van der Waals surface area contributed by atoms with Crippen molar-refractivity contribution in [1.29, 1.82) is 0 Å². The number of carbonyl (C=O) groups is 1. The van der Waals surface area contributed by atoms with E-state index in [9.17, 15) is 4.79 Å². The van der Waals surface area contributed by atoms with Gasteiger partial charge in [0.15, 0.2) is 0 Å². The Morgan fingerprint density at radius 3 is 2.71 bits per heavy atom. The first-order valence-electron chi connectivity index (χ1n) is 6.19. The van der Waals surface area contributed by atoms with Crippen LogP contribution in [0.25, 0.3) is 0 Å². The molecule has 0 heterocycles. The molecular formula is C14H21NO2. The van der Waals surface area contributed by atoms with Crippen LogP contribution in [0.1, 0.15) is 37.3 Å². The highest BCUT2D eigenvalue weighted by atomic mass is 16.4. The van der Waals surface area contributed by atoms with Crippen LogP contribution in [0.15, 0.2) is 24.3 Å². The molecule has 1 rings (SSSR count). The number of benzene rings is 1. The zero-order valence-electron chi connectivity index (χ0n) is 10.4. The lowest BCUT2D eigenvalue weighted by Gasteiger charge is -2.08. The molecule has 0 aliphatic carbocycles. The van der Waals surface area contributed by atoms with Gasteiger partial charge in [-0.15, -0.1) is 0 Å². The minimum atomic E-state index is -0.943. The summed E-state index contributed by atoms with van der Waals surface area (Å²) in [7, 11) is 0. The molecule has 3 heteroatoms. The van der Waals surface area contributed by atoms with E-state index in [1.165, 1.54) is 24.8 Å². The molecule has 17 heavy (non-hydrogen) atoms. The van der Waals surface area contributed by atoms with E-state index in [0.29, 0.717) is 6.42 Å². The van der Waals surface area contributed by atoms with Crippen LogP contribution in [0.2, 0.25) is 0 Å². The van der Waals surface area contributed by atoms with Crippen molar-refractivity contribution in [3.05, 3.63) is 35.4 Å². The summed E-state index contributed by atoms with van der Waals surface area (Å²) in [5.74, 6) is -0.943. The Bertz CT molecular complexity index is 363. The molecule has 0 fully saturated rings. The predicted molar refractivity (Wildman–Crippen MR) is 69.0 cm³/mol. The van der Waals surface area contributed by atoms with Crippen molar-refractivity contribution < 1.29 is 9.90 Å². The van der Waals surface area contributed by atoms with E-state index in [0.717, 1.165) is 12.0 Å². The second-order valence-electron chi connectivity index (χ2n) is 4.43. The van der Waals surface area contributed by atoms with Gasteiger partial charge in [-0.3, -0.25) is 4.79 Å². The minimum absolute atomic E-state index is 0.400. The van der Waals surface area contributed by atoms with Crippen molar-refractivity contribution in [3.8, 4) is 0 Å². The summed E-state index contributed by atoms with van der Waals surface area (Å²) in [5, 5.41) is 8.76. The van der Waals surface area contributed by atoms with Crippen LogP contribution in [0.5, 0.6) is 0 Å². The van der Waals surface area contributed by atoms with Gasteiger partial charge in [-0.25, -0.2) is 0 Å². The van der Waals surface area contributed by atoms with Gasteiger partial charge in [-0.2, -0.15) is 0 Å². The molecule has 0 amide bonds. The maximum atomic E-state index is 10.7. The smallest absolute Gasteiger partial charge is 0.320 e. The van der Waals surface area contributed by atoms with Crippen LogP contribution in [0.4, 0.5) is 0 Å². The van der Waals surface area contributed by atoms with Crippen molar-refractivity contribution in [2.24, 2.45) is 5.73 Å². The van der Waals surface area contributed by atoms with Crippen LogP contribution in [-0.2, 0) is 17.6 Å². The van der Waals surface area contributed by atoms with Crippen LogP contribution >= 0.6 is 0 Å². The zero-order valence-corrected chi connectivity index (χ0v) is 10.4. The highest BCUT2D eigenvalue weighted by molar-refractivity contribution is 5.73. The van der Waals surface area contributed by atoms with Crippen molar-refractivity contribution in [1.82, 2.24) is 0 Å². The maximum absolute atomic E-state index is 10.7. The van der Waals surface area contributed by atoms with Crippen LogP contribution in [-0.4, -0.2) is 17.1 Å². The topological polar surface area (TPSA) is 63.3 Å². The fraction of sp³-hybridized carbons (Fsp3) is 0.500. The molecule has 0 aliphatic heterocycles. The molecule has 0 radical (unpaired) electrons. The molecule has 3 N–H and O–H groups in total. The van der Waals surface area contributed by atoms with Gasteiger partial charge < -0.3 is 10.8 Å². The SMILES string of the molecule is CCCCCc1cccc(C[C@H](N)C(=O)O)c1. The number of hydrogen-bond donors (Lipinski definition) is 2. The average molecular weight is 235 g/mol. The molecule has 0 saturated heterocycles. The summed E-state index contributed by atoms with van der Waals surface area (Å²) in [6, 6.07) is 7.27. The molecule has 0 aromatic heterocycles. The first kappa shape index (κ1) is 13.7. The van der Waals surface area contributed by atoms with E-state index in [1.807, 2.05) is 12.1 Å². The highest BCUT2D eigenvalue weighted by Crippen LogP contribution is 2.11. The molecule has 0 aliphatic rings. The fourth-order valence-corrected chi connectivity index (χ4v) is 1.83. The van der Waals surface area contributed by atoms with Gasteiger partial charge in [0.1, 0.15) is 6.04 Å². The third kappa shape index (κ3) is 5.00. The van der Waals surface area contributed by atoms with Gasteiger partial charge >= 0.3 is 5.97 Å². The Balaban J connectivity index is 2.56. The van der Waals surface area contributed by atoms with Gasteiger partial charge in [0.05, 0.1) is 0 Å². The monoisotopic (exact) mass is 235 g/mol. The van der Waals surface area contributed by atoms with Gasteiger partial charge in [0.25, 0.3) is 0 Å². The lowest BCUT2D eigenvalue weighted by Crippen LogP contribution is -2.32. The van der Waals surface area contributed by atoms with Crippen molar-refractivity contribution in [3.63, 3.8) is 0 Å². The van der Waals surface area contributed by atoms with Crippen molar-refractivity contribution >= 4 is 5.97 Å². The van der Waals surface area contributed by atoms with E-state index in [2.05, 4.69) is 19.1 Å². The van der Waals surface area contributed by atoms with Gasteiger partial charge in [-0.05, 0) is 30.4 Å². The Labute approximate surface area is 103 Å². The van der Waals surface area contributed by atoms with Gasteiger partial charge in [0, 0.05) is 0 Å². The normalized spacial score (nSPS) is 12.4. The Kier molecular flexibility index (Phi) is 5.70. The summed E-state index contributed by atoms with van der Waals surface area (Å²) in [6.07, 6.45) is 5.09. The van der Waals surface area contributed by atoms with Gasteiger partial charge in [0.2, 0.25) is 0 Å². The molecule has 0 unspecified atom stereocenters. The molecule has 1 aromatic rings. The molecule has 0 bridgehead atoms. The number of aryl methyl sites for hydroxylation is 1. The van der Waals surface area contributed by atoms with Crippen molar-refractivity contribution in [2.45, 2.75) is 45.1 Å². The first-order chi connectivity index (χ1) is 8.13. The van der Waals surface area contributed by atoms with Crippen LogP contribution in [0, 0.1) is 0 Å². The van der Waals surface area contributed by atoms with E-state index >= 15 is 0 Å². The van der Waals surface area contributed by atoms with E-state index in [-0.39, 0.29) is 0 Å². The largest absolute Gasteiger partial charge is 0.480 e. The summed E-state index contributed by atoms with van der Waals surface area (Å²) < 4.78 is 0. The third-order valence-corrected chi connectivity index (χ3v) is 2.83. The molecule has 1 atom stereocenters. The van der Waals surface area contributed by atoms with E-state index < -0.39 is 12.0 Å². The Morgan fingerprint density at radius 2 is 2.06 bits per heavy atom. The lowest BCUT2D eigenvalue weighted by molar-refractivity contribution is -0.138. The number of carboxylic acids is 1. The summed E-state index contributed by atoms with van der Waals surface area (Å²) in [4.78, 5) is 10.7. The summed E-state index contributed by atoms with van der Waals surface area (Å²) in [6.45, 7) is 2.18. The zero-order chi connectivity index (χ0) is 12.7. The molecule has 0 saturated carbocycles. The second kappa shape index (κ2) is 7.07. The molecule has 1 aromatic carbocycles. The lowest BCUT2D eigenvalue weighted by atomic mass is 10.0. The predicted octanol–water partition coefficient (Wildman–Crippen LogP) is 2.37. The van der Waals surface area contributed by atoms with E-state index in [1.54, 1.807) is 0 Å². The summed E-state index contributed by atoms with van der Waals surface area (Å²) >= 11 is 0. The maximum Gasteiger partial charge on any atom is 0.320 e. The second-order valence-corrected chi connectivity index (χ2v) is 4.43. The standard InChI is InChI=1S/C14H21NO2/c1-2-3-4-6-11-7-5-8-12(9-11)10-13(15)14(16)17/h5,7-9,13H,2-4,6,10,15H2,1H3,(H,16,17)/t13-/m0/s1. The van der Waals surface area contributed by atoms with Crippen LogP contribution in [0.3, 0.4) is 0 Å². The number of rotatable bonds is 7. The number of nitrogens with two attached hydrogens (primary N) is 1. The highest BCUT2D eigenvalue weighted by Gasteiger charge is 2.11. The average Bonchev–Trinajstić information content (AvgIpc) is 2.30. The number of aliphatic carboxylic acids is 1. The number of carboxylic acid groups (broad SMARTS) is 1. The molecular weight excluding hydrogens is 214 g/mol. The number of unbranched alkanes of at least 4 members (excludes halogenated alkanes) is 2. The van der Waals surface area contributed by atoms with E-state index in [4.69, 9.17) is 10.8 Å². The molecule has 94 valence electrons. The Hall–Kier alpha value is -1.35. The first-order valence-corrected chi connectivity index (χ1v) is 6.19. The Morgan fingerprint density at radius 1 is 1.35 bits per heavy atom. The number of hydrogen-bond acceptors (Lipinski definition) is 2. The fourth-order valence-electron chi connectivity index (χ4n) is 1.83. The third-order valence-electron chi connectivity index (χ3n) is 2.83. The quantitative estimate of drug-likeness (QED) is 0.713. The molecule has 3 nitrogen and oxygen atoms in total. The van der Waals surface area contributed by atoms with Crippen molar-refractivity contribution in [2.75, 3.05) is 0 Å². The van der Waals surface area contributed by atoms with Gasteiger partial charge in [-0.1, -0.05) is 44.0 Å². The van der Waals surface area contributed by atoms with Crippen LogP contribution < -0.4 is 5.73 Å². The molecule has 0 spiro atoms. The minimum Gasteiger partial charge on any atom is -0.480 e.